The van der Waals surface area contributed by atoms with Crippen molar-refractivity contribution in [3.05, 3.63) is 65.7 Å². The number of anilines is 1. The van der Waals surface area contributed by atoms with Gasteiger partial charge in [-0.2, -0.15) is 5.10 Å². The first-order valence-electron chi connectivity index (χ1n) is 8.54. The van der Waals surface area contributed by atoms with Crippen LogP contribution in [-0.2, 0) is 16.1 Å². The lowest BCUT2D eigenvalue weighted by Crippen LogP contribution is -2.30. The lowest BCUT2D eigenvalue weighted by atomic mass is 10.1. The van der Waals surface area contributed by atoms with E-state index in [-0.39, 0.29) is 24.2 Å². The minimum atomic E-state index is -0.386. The number of benzene rings is 2. The first kappa shape index (κ1) is 17.7. The van der Waals surface area contributed by atoms with Crippen molar-refractivity contribution in [3.63, 3.8) is 0 Å². The number of likely N-dealkylation sites (tertiary alicyclic amines) is 1. The standard InChI is InChI=1S/C20H22N4O2/c1-14(16-8-5-9-18(21)10-16)22-23-20(26)17-11-19(25)24(13-17)12-15-6-3-2-4-7-15/h2-10,17H,11-13,21H2,1H3,(H,23,26)/b22-14+. The molecule has 1 fully saturated rings. The van der Waals surface area contributed by atoms with Crippen molar-refractivity contribution in [3.8, 4) is 0 Å². The van der Waals surface area contributed by atoms with Crippen molar-refractivity contribution in [2.45, 2.75) is 19.9 Å². The Morgan fingerprint density at radius 2 is 2.00 bits per heavy atom. The average Bonchev–Trinajstić information content (AvgIpc) is 3.01. The number of hydrogen-bond acceptors (Lipinski definition) is 4. The summed E-state index contributed by atoms with van der Waals surface area (Å²) in [6, 6.07) is 17.1. The summed E-state index contributed by atoms with van der Waals surface area (Å²) >= 11 is 0. The van der Waals surface area contributed by atoms with Crippen LogP contribution in [0.4, 0.5) is 5.69 Å². The van der Waals surface area contributed by atoms with Gasteiger partial charge in [0.2, 0.25) is 11.8 Å². The summed E-state index contributed by atoms with van der Waals surface area (Å²) in [5.74, 6) is -0.633. The van der Waals surface area contributed by atoms with Gasteiger partial charge in [0.1, 0.15) is 0 Å². The molecule has 2 aromatic rings. The molecule has 0 saturated carbocycles. The molecule has 3 rings (SSSR count). The molecule has 1 atom stereocenters. The van der Waals surface area contributed by atoms with Gasteiger partial charge in [-0.05, 0) is 30.2 Å². The van der Waals surface area contributed by atoms with Gasteiger partial charge in [-0.25, -0.2) is 5.43 Å². The maximum Gasteiger partial charge on any atom is 0.245 e. The van der Waals surface area contributed by atoms with E-state index < -0.39 is 0 Å². The van der Waals surface area contributed by atoms with Gasteiger partial charge in [-0.3, -0.25) is 9.59 Å². The predicted octanol–water partition coefficient (Wildman–Crippen LogP) is 2.16. The van der Waals surface area contributed by atoms with Gasteiger partial charge in [0, 0.05) is 25.2 Å². The Bertz CT molecular complexity index is 833. The predicted molar refractivity (Wildman–Crippen MR) is 101 cm³/mol. The second kappa shape index (κ2) is 7.82. The highest BCUT2D eigenvalue weighted by molar-refractivity contribution is 6.00. The normalized spacial score (nSPS) is 17.4. The van der Waals surface area contributed by atoms with Crippen molar-refractivity contribution in [2.75, 3.05) is 12.3 Å². The molecule has 0 radical (unpaired) electrons. The Hall–Kier alpha value is -3.15. The summed E-state index contributed by atoms with van der Waals surface area (Å²) < 4.78 is 0. The van der Waals surface area contributed by atoms with Crippen LogP contribution in [0.3, 0.4) is 0 Å². The number of carbonyl (C=O) groups is 2. The molecule has 1 aliphatic rings. The summed E-state index contributed by atoms with van der Waals surface area (Å²) in [5.41, 5.74) is 11.5. The first-order chi connectivity index (χ1) is 12.5. The molecule has 26 heavy (non-hydrogen) atoms. The number of amides is 2. The van der Waals surface area contributed by atoms with E-state index in [2.05, 4.69) is 10.5 Å². The van der Waals surface area contributed by atoms with Gasteiger partial charge < -0.3 is 10.6 Å². The van der Waals surface area contributed by atoms with Crippen molar-refractivity contribution < 1.29 is 9.59 Å². The highest BCUT2D eigenvalue weighted by Gasteiger charge is 2.34. The minimum absolute atomic E-state index is 0.00876. The number of hydrogen-bond donors (Lipinski definition) is 2. The smallest absolute Gasteiger partial charge is 0.245 e. The van der Waals surface area contributed by atoms with Crippen LogP contribution >= 0.6 is 0 Å². The molecule has 6 heteroatoms. The molecule has 1 unspecified atom stereocenters. The Labute approximate surface area is 152 Å². The number of rotatable bonds is 5. The summed E-state index contributed by atoms with van der Waals surface area (Å²) in [5, 5.41) is 4.15. The molecule has 0 aromatic heterocycles. The molecule has 6 nitrogen and oxygen atoms in total. The molecule has 134 valence electrons. The largest absolute Gasteiger partial charge is 0.399 e. The van der Waals surface area contributed by atoms with E-state index >= 15 is 0 Å². The Kier molecular flexibility index (Phi) is 5.31. The number of nitrogens with zero attached hydrogens (tertiary/aromatic N) is 2. The van der Waals surface area contributed by atoms with E-state index in [9.17, 15) is 9.59 Å². The fourth-order valence-corrected chi connectivity index (χ4v) is 2.96. The quantitative estimate of drug-likeness (QED) is 0.492. The van der Waals surface area contributed by atoms with Crippen LogP contribution in [0.2, 0.25) is 0 Å². The zero-order chi connectivity index (χ0) is 18.5. The van der Waals surface area contributed by atoms with Crippen molar-refractivity contribution in [2.24, 2.45) is 11.0 Å². The van der Waals surface area contributed by atoms with Gasteiger partial charge >= 0.3 is 0 Å². The first-order valence-corrected chi connectivity index (χ1v) is 8.54. The van der Waals surface area contributed by atoms with E-state index in [0.717, 1.165) is 11.1 Å². The summed E-state index contributed by atoms with van der Waals surface area (Å²) in [6.07, 6.45) is 0.214. The molecule has 0 bridgehead atoms. The van der Waals surface area contributed by atoms with E-state index in [1.807, 2.05) is 42.5 Å². The number of nitrogen functional groups attached to an aromatic ring is 1. The Morgan fingerprint density at radius 1 is 1.23 bits per heavy atom. The molecular weight excluding hydrogens is 328 g/mol. The van der Waals surface area contributed by atoms with Crippen molar-refractivity contribution >= 4 is 23.2 Å². The van der Waals surface area contributed by atoms with Crippen LogP contribution in [0.5, 0.6) is 0 Å². The number of nitrogens with two attached hydrogens (primary N) is 1. The molecule has 0 aliphatic carbocycles. The molecule has 1 saturated heterocycles. The Balaban J connectivity index is 1.58. The van der Waals surface area contributed by atoms with Crippen LogP contribution in [0.1, 0.15) is 24.5 Å². The third kappa shape index (κ3) is 4.27. The summed E-state index contributed by atoms with van der Waals surface area (Å²) in [4.78, 5) is 26.3. The zero-order valence-corrected chi connectivity index (χ0v) is 14.7. The third-order valence-corrected chi connectivity index (χ3v) is 4.44. The van der Waals surface area contributed by atoms with Crippen LogP contribution in [-0.4, -0.2) is 29.0 Å². The van der Waals surface area contributed by atoms with Gasteiger partial charge in [-0.15, -0.1) is 0 Å². The second-order valence-electron chi connectivity index (χ2n) is 6.46. The lowest BCUT2D eigenvalue weighted by molar-refractivity contribution is -0.129. The van der Waals surface area contributed by atoms with Gasteiger partial charge in [0.05, 0.1) is 11.6 Å². The molecule has 3 N–H and O–H groups in total. The van der Waals surface area contributed by atoms with Crippen molar-refractivity contribution in [1.29, 1.82) is 0 Å². The van der Waals surface area contributed by atoms with E-state index in [0.29, 0.717) is 24.5 Å². The van der Waals surface area contributed by atoms with E-state index in [4.69, 9.17) is 5.73 Å². The third-order valence-electron chi connectivity index (χ3n) is 4.44. The maximum atomic E-state index is 12.4. The monoisotopic (exact) mass is 350 g/mol. The van der Waals surface area contributed by atoms with Crippen LogP contribution in [0.25, 0.3) is 0 Å². The van der Waals surface area contributed by atoms with Crippen LogP contribution in [0, 0.1) is 5.92 Å². The van der Waals surface area contributed by atoms with Crippen LogP contribution in [0.15, 0.2) is 59.7 Å². The molecule has 1 aliphatic heterocycles. The second-order valence-corrected chi connectivity index (χ2v) is 6.46. The van der Waals surface area contributed by atoms with Crippen LogP contribution < -0.4 is 11.2 Å². The number of carbonyl (C=O) groups excluding carboxylic acids is 2. The van der Waals surface area contributed by atoms with Gasteiger partial charge in [0.15, 0.2) is 0 Å². The molecule has 1 heterocycles. The van der Waals surface area contributed by atoms with E-state index in [1.165, 1.54) is 0 Å². The number of hydrazone groups is 1. The molecule has 2 aromatic carbocycles. The zero-order valence-electron chi connectivity index (χ0n) is 14.7. The number of nitrogens with one attached hydrogen (secondary N) is 1. The fraction of sp³-hybridized carbons (Fsp3) is 0.250. The maximum absolute atomic E-state index is 12.4. The van der Waals surface area contributed by atoms with E-state index in [1.54, 1.807) is 24.0 Å². The van der Waals surface area contributed by atoms with Gasteiger partial charge in [0.25, 0.3) is 0 Å². The van der Waals surface area contributed by atoms with Gasteiger partial charge in [-0.1, -0.05) is 42.5 Å². The average molecular weight is 350 g/mol. The highest BCUT2D eigenvalue weighted by atomic mass is 16.2. The Morgan fingerprint density at radius 3 is 2.73 bits per heavy atom. The molecule has 2 amide bonds. The summed E-state index contributed by atoms with van der Waals surface area (Å²) in [7, 11) is 0. The lowest BCUT2D eigenvalue weighted by Gasteiger charge is -2.16. The minimum Gasteiger partial charge on any atom is -0.399 e. The van der Waals surface area contributed by atoms with Crippen molar-refractivity contribution in [1.82, 2.24) is 10.3 Å². The highest BCUT2D eigenvalue weighted by Crippen LogP contribution is 2.20. The fourth-order valence-electron chi connectivity index (χ4n) is 2.96. The molecular formula is C20H22N4O2. The molecule has 0 spiro atoms. The summed E-state index contributed by atoms with van der Waals surface area (Å²) in [6.45, 7) is 2.73. The SMILES string of the molecule is C/C(=N\NC(=O)C1CC(=O)N(Cc2ccccc2)C1)c1cccc(N)c1. The topological polar surface area (TPSA) is 87.8 Å².